The van der Waals surface area contributed by atoms with Gasteiger partial charge in [-0.05, 0) is 116 Å². The predicted molar refractivity (Wildman–Crippen MR) is 294 cm³/mol. The van der Waals surface area contributed by atoms with Gasteiger partial charge < -0.3 is 39.0 Å². The summed E-state index contributed by atoms with van der Waals surface area (Å²) in [5, 5.41) is 31.4. The molecule has 0 bridgehead atoms. The van der Waals surface area contributed by atoms with Crippen molar-refractivity contribution in [3.05, 3.63) is 109 Å². The Hall–Kier alpha value is -4.62. The van der Waals surface area contributed by atoms with Crippen LogP contribution in [0.4, 0.5) is 0 Å². The molecule has 1 aliphatic heterocycles. The Labute approximate surface area is 440 Å². The molecule has 1 fully saturated rings. The van der Waals surface area contributed by atoms with Crippen LogP contribution >= 0.6 is 0 Å². The highest BCUT2D eigenvalue weighted by molar-refractivity contribution is 5.74. The van der Waals surface area contributed by atoms with Gasteiger partial charge in [-0.2, -0.15) is 0 Å². The standard InChI is InChI=1S/C61H96O12/c1-4-7-10-13-16-19-22-25-27-30-32-35-38-41-44-47-53(62)69-50-52(71-54(63)48-45-42-39-36-34-31-28-26-23-20-17-14-11-8-5-2)51-70-61-59(57(66)56(65)58(73-61)60(67)68)72-55(64)49-46-43-40-37-33-29-24-21-18-15-12-9-6-3/h7-12,16-21,25-29,33,52,56-59,61,65-66H,4-6,13-15,22-24,30-32,34-51H2,1-3H3,(H,67,68)/b10-7-,11-8-,12-9-,19-16-,20-17-,21-18-,27-25-,28-26-,33-29-. The minimum atomic E-state index is -1.92. The zero-order valence-corrected chi connectivity index (χ0v) is 45.1. The van der Waals surface area contributed by atoms with Gasteiger partial charge in [-0.15, -0.1) is 0 Å². The summed E-state index contributed by atoms with van der Waals surface area (Å²) >= 11 is 0. The molecule has 412 valence electrons. The maximum absolute atomic E-state index is 13.1. The molecule has 3 N–H and O–H groups in total. The van der Waals surface area contributed by atoms with E-state index >= 15 is 0 Å². The average molecular weight is 1020 g/mol. The molecule has 6 unspecified atom stereocenters. The van der Waals surface area contributed by atoms with Gasteiger partial charge in [0, 0.05) is 19.3 Å². The molecule has 73 heavy (non-hydrogen) atoms. The normalized spacial score (nSPS) is 19.2. The molecule has 1 rings (SSSR count). The van der Waals surface area contributed by atoms with Gasteiger partial charge in [0.2, 0.25) is 0 Å². The summed E-state index contributed by atoms with van der Waals surface area (Å²) in [6, 6.07) is 0. The highest BCUT2D eigenvalue weighted by Crippen LogP contribution is 2.26. The van der Waals surface area contributed by atoms with E-state index in [0.29, 0.717) is 19.3 Å². The lowest BCUT2D eigenvalue weighted by Crippen LogP contribution is -2.61. The first-order chi connectivity index (χ1) is 35.6. The van der Waals surface area contributed by atoms with Gasteiger partial charge in [-0.3, -0.25) is 14.4 Å². The molecule has 0 aromatic carbocycles. The lowest BCUT2D eigenvalue weighted by molar-refractivity contribution is -0.301. The van der Waals surface area contributed by atoms with E-state index in [1.165, 1.54) is 0 Å². The minimum absolute atomic E-state index is 0.0158. The molecule has 0 aromatic rings. The van der Waals surface area contributed by atoms with E-state index in [-0.39, 0.29) is 25.9 Å². The fourth-order valence-electron chi connectivity index (χ4n) is 7.64. The lowest BCUT2D eigenvalue weighted by atomic mass is 9.98. The zero-order valence-electron chi connectivity index (χ0n) is 45.1. The molecule has 12 nitrogen and oxygen atoms in total. The number of aliphatic hydroxyl groups is 2. The molecule has 1 aliphatic rings. The van der Waals surface area contributed by atoms with Gasteiger partial charge in [0.1, 0.15) is 18.8 Å². The fourth-order valence-corrected chi connectivity index (χ4v) is 7.64. The first-order valence-electron chi connectivity index (χ1n) is 27.9. The average Bonchev–Trinajstić information content (AvgIpc) is 3.37. The van der Waals surface area contributed by atoms with Crippen LogP contribution < -0.4 is 0 Å². The number of hydrogen-bond acceptors (Lipinski definition) is 11. The van der Waals surface area contributed by atoms with Crippen molar-refractivity contribution in [3.63, 3.8) is 0 Å². The molecule has 6 atom stereocenters. The van der Waals surface area contributed by atoms with Crippen LogP contribution in [0.2, 0.25) is 0 Å². The molecule has 1 saturated heterocycles. The van der Waals surface area contributed by atoms with Gasteiger partial charge in [-0.1, -0.05) is 175 Å². The lowest BCUT2D eigenvalue weighted by Gasteiger charge is -2.40. The summed E-state index contributed by atoms with van der Waals surface area (Å²) in [6.45, 7) is 5.58. The van der Waals surface area contributed by atoms with Crippen molar-refractivity contribution in [2.75, 3.05) is 13.2 Å². The number of carbonyl (C=O) groups is 4. The van der Waals surface area contributed by atoms with Crippen molar-refractivity contribution in [2.45, 2.75) is 237 Å². The Kier molecular flexibility index (Phi) is 44.0. The smallest absolute Gasteiger partial charge is 0.335 e. The summed E-state index contributed by atoms with van der Waals surface area (Å²) in [4.78, 5) is 51.0. The SMILES string of the molecule is CC/C=C\C/C=C\C/C=C\CCCCCCCC(=O)OCC(COC1OC(C(=O)O)C(O)C(O)C1OC(=O)CCCCC/C=C\C/C=C\C/C=C\CC)OC(=O)CCCCCCC/C=C\C/C=C\C/C=C\CC. The topological polar surface area (TPSA) is 175 Å². The van der Waals surface area contributed by atoms with E-state index in [9.17, 15) is 34.5 Å². The van der Waals surface area contributed by atoms with E-state index < -0.39 is 67.3 Å². The van der Waals surface area contributed by atoms with Crippen LogP contribution in [0.15, 0.2) is 109 Å². The predicted octanol–water partition coefficient (Wildman–Crippen LogP) is 13.9. The van der Waals surface area contributed by atoms with Gasteiger partial charge in [0.05, 0.1) is 6.61 Å². The second kappa shape index (κ2) is 48.3. The first-order valence-corrected chi connectivity index (χ1v) is 27.9. The van der Waals surface area contributed by atoms with Gasteiger partial charge in [-0.25, -0.2) is 4.79 Å². The van der Waals surface area contributed by atoms with Crippen molar-refractivity contribution < 1.29 is 58.2 Å². The van der Waals surface area contributed by atoms with Crippen LogP contribution in [-0.4, -0.2) is 89.2 Å². The third-order valence-corrected chi connectivity index (χ3v) is 11.8. The molecule has 1 heterocycles. The van der Waals surface area contributed by atoms with Crippen molar-refractivity contribution >= 4 is 23.9 Å². The molecule has 0 spiro atoms. The number of ether oxygens (including phenoxy) is 5. The van der Waals surface area contributed by atoms with Crippen molar-refractivity contribution in [3.8, 4) is 0 Å². The van der Waals surface area contributed by atoms with Crippen molar-refractivity contribution in [1.29, 1.82) is 0 Å². The molecule has 0 radical (unpaired) electrons. The number of unbranched alkanes of at least 4 members (excludes halogenated alkanes) is 13. The van der Waals surface area contributed by atoms with E-state index in [1.54, 1.807) is 0 Å². The molecule has 12 heteroatoms. The number of carboxylic acid groups (broad SMARTS) is 1. The second-order valence-corrected chi connectivity index (χ2v) is 18.4. The van der Waals surface area contributed by atoms with Crippen molar-refractivity contribution in [2.24, 2.45) is 0 Å². The maximum atomic E-state index is 13.1. The highest BCUT2D eigenvalue weighted by atomic mass is 16.7. The Balaban J connectivity index is 2.76. The maximum Gasteiger partial charge on any atom is 0.335 e. The number of rotatable bonds is 45. The quantitative estimate of drug-likeness (QED) is 0.0228. The molecule has 0 aromatic heterocycles. The second-order valence-electron chi connectivity index (χ2n) is 18.4. The Morgan fingerprint density at radius 3 is 1.26 bits per heavy atom. The van der Waals surface area contributed by atoms with Crippen LogP contribution in [0.3, 0.4) is 0 Å². The van der Waals surface area contributed by atoms with Gasteiger partial charge in [0.15, 0.2) is 24.6 Å². The number of aliphatic hydroxyl groups excluding tert-OH is 2. The van der Waals surface area contributed by atoms with Crippen LogP contribution in [0.1, 0.15) is 201 Å². The summed E-state index contributed by atoms with van der Waals surface area (Å²) in [5.41, 5.74) is 0. The Morgan fingerprint density at radius 1 is 0.452 bits per heavy atom. The minimum Gasteiger partial charge on any atom is -0.479 e. The first kappa shape index (κ1) is 66.4. The third kappa shape index (κ3) is 38.6. The van der Waals surface area contributed by atoms with Crippen LogP contribution in [-0.2, 0) is 42.9 Å². The molecule has 0 amide bonds. The molecular weight excluding hydrogens is 925 g/mol. The summed E-state index contributed by atoms with van der Waals surface area (Å²) in [6.07, 6.45) is 52.1. The van der Waals surface area contributed by atoms with Crippen LogP contribution in [0.25, 0.3) is 0 Å². The number of carbonyl (C=O) groups excluding carboxylic acids is 3. The van der Waals surface area contributed by atoms with Crippen LogP contribution in [0, 0.1) is 0 Å². The Morgan fingerprint density at radius 2 is 0.822 bits per heavy atom. The number of carboxylic acids is 1. The zero-order chi connectivity index (χ0) is 53.3. The largest absolute Gasteiger partial charge is 0.479 e. The fraction of sp³-hybridized carbons (Fsp3) is 0.639. The number of esters is 3. The highest BCUT2D eigenvalue weighted by Gasteiger charge is 2.50. The third-order valence-electron chi connectivity index (χ3n) is 11.8. The summed E-state index contributed by atoms with van der Waals surface area (Å²) < 4.78 is 28.3. The van der Waals surface area contributed by atoms with Gasteiger partial charge >= 0.3 is 23.9 Å². The molecule has 0 aliphatic carbocycles. The van der Waals surface area contributed by atoms with Gasteiger partial charge in [0.25, 0.3) is 0 Å². The van der Waals surface area contributed by atoms with Crippen molar-refractivity contribution in [1.82, 2.24) is 0 Å². The van der Waals surface area contributed by atoms with Crippen LogP contribution in [0.5, 0.6) is 0 Å². The van der Waals surface area contributed by atoms with E-state index in [4.69, 9.17) is 23.7 Å². The Bertz CT molecular complexity index is 1690. The van der Waals surface area contributed by atoms with E-state index in [0.717, 1.165) is 141 Å². The molecule has 0 saturated carbocycles. The monoisotopic (exact) mass is 1020 g/mol. The number of hydrogen-bond donors (Lipinski definition) is 3. The molecular formula is C61H96O12. The summed E-state index contributed by atoms with van der Waals surface area (Å²) in [7, 11) is 0. The van der Waals surface area contributed by atoms with E-state index in [2.05, 4.69) is 130 Å². The van der Waals surface area contributed by atoms with E-state index in [1.807, 2.05) is 0 Å². The number of aliphatic carboxylic acids is 1. The number of allylic oxidation sites excluding steroid dienone is 18. The summed E-state index contributed by atoms with van der Waals surface area (Å²) in [5.74, 6) is -3.22.